The van der Waals surface area contributed by atoms with Crippen LogP contribution in [0, 0.1) is 5.82 Å². The monoisotopic (exact) mass is 427 g/mol. The third-order valence-electron chi connectivity index (χ3n) is 4.90. The van der Waals surface area contributed by atoms with E-state index in [2.05, 4.69) is 15.6 Å². The number of carbonyl (C=O) groups excluding carboxylic acids is 1. The standard InChI is InChI=1S/C18H21F4N7O/c19-12-3-1-11(2-4-12)9-29-14-10-28(16(30)6-5-15(25-23)26-24)8-7-13(14)17(27-29)18(20,21)22/h1-4H,5-10,23-24H2,(H,25,26). The first kappa shape index (κ1) is 21.6. The molecular weight excluding hydrogens is 406 g/mol. The summed E-state index contributed by atoms with van der Waals surface area (Å²) in [6.07, 6.45) is -4.35. The summed E-state index contributed by atoms with van der Waals surface area (Å²) < 4.78 is 54.8. The van der Waals surface area contributed by atoms with Crippen LogP contribution in [-0.4, -0.2) is 33.0 Å². The largest absolute Gasteiger partial charge is 0.435 e. The van der Waals surface area contributed by atoms with Gasteiger partial charge in [0.1, 0.15) is 11.7 Å². The van der Waals surface area contributed by atoms with Gasteiger partial charge in [-0.3, -0.25) is 9.48 Å². The Bertz CT molecular complexity index is 937. The van der Waals surface area contributed by atoms with Gasteiger partial charge in [0.15, 0.2) is 5.69 Å². The predicted molar refractivity (Wildman–Crippen MR) is 100 cm³/mol. The molecule has 1 amide bonds. The van der Waals surface area contributed by atoms with Gasteiger partial charge in [-0.1, -0.05) is 12.1 Å². The van der Waals surface area contributed by atoms with Gasteiger partial charge in [-0.2, -0.15) is 23.4 Å². The molecule has 1 aromatic heterocycles. The smallest absolute Gasteiger partial charge is 0.336 e. The first-order chi connectivity index (χ1) is 14.2. The van der Waals surface area contributed by atoms with Crippen LogP contribution in [0.5, 0.6) is 0 Å². The van der Waals surface area contributed by atoms with Gasteiger partial charge in [0.2, 0.25) is 5.91 Å². The summed E-state index contributed by atoms with van der Waals surface area (Å²) in [5.74, 6) is 9.90. The fourth-order valence-corrected chi connectivity index (χ4v) is 3.37. The highest BCUT2D eigenvalue weighted by atomic mass is 19.4. The molecule has 0 bridgehead atoms. The minimum Gasteiger partial charge on any atom is -0.336 e. The van der Waals surface area contributed by atoms with Crippen molar-refractivity contribution < 1.29 is 22.4 Å². The maximum Gasteiger partial charge on any atom is 0.435 e. The van der Waals surface area contributed by atoms with Crippen molar-refractivity contribution in [3.63, 3.8) is 0 Å². The predicted octanol–water partition coefficient (Wildman–Crippen LogP) is 1.49. The van der Waals surface area contributed by atoms with Crippen molar-refractivity contribution in [2.24, 2.45) is 16.8 Å². The first-order valence-corrected chi connectivity index (χ1v) is 9.14. The number of hydrogen-bond acceptors (Lipinski definition) is 5. The van der Waals surface area contributed by atoms with Gasteiger partial charge in [0.25, 0.3) is 0 Å². The Hall–Kier alpha value is -3.15. The van der Waals surface area contributed by atoms with Gasteiger partial charge in [-0.15, -0.1) is 0 Å². The molecule has 0 saturated carbocycles. The van der Waals surface area contributed by atoms with E-state index in [0.717, 1.165) is 0 Å². The number of nitrogens with one attached hydrogen (secondary N) is 1. The highest BCUT2D eigenvalue weighted by Crippen LogP contribution is 2.35. The van der Waals surface area contributed by atoms with E-state index >= 15 is 0 Å². The van der Waals surface area contributed by atoms with E-state index < -0.39 is 17.7 Å². The summed E-state index contributed by atoms with van der Waals surface area (Å²) in [6.45, 7) is 0.160. The van der Waals surface area contributed by atoms with Crippen LogP contribution in [0.15, 0.2) is 29.4 Å². The number of hydrazine groups is 1. The minimum absolute atomic E-state index is 0.0103. The number of alkyl halides is 3. The number of aromatic nitrogens is 2. The molecular formula is C18H21F4N7O. The average Bonchev–Trinajstić information content (AvgIpc) is 3.08. The molecule has 0 spiro atoms. The number of rotatable bonds is 5. The van der Waals surface area contributed by atoms with Crippen molar-refractivity contribution in [2.75, 3.05) is 6.54 Å². The lowest BCUT2D eigenvalue weighted by Gasteiger charge is -2.28. The Balaban J connectivity index is 1.84. The minimum atomic E-state index is -4.61. The molecule has 5 N–H and O–H groups in total. The van der Waals surface area contributed by atoms with E-state index in [-0.39, 0.29) is 56.2 Å². The van der Waals surface area contributed by atoms with Gasteiger partial charge in [0, 0.05) is 24.9 Å². The molecule has 1 aliphatic rings. The molecule has 30 heavy (non-hydrogen) atoms. The molecule has 2 aromatic rings. The third kappa shape index (κ3) is 4.70. The number of nitrogens with two attached hydrogens (primary N) is 2. The molecule has 0 fully saturated rings. The molecule has 8 nitrogen and oxygen atoms in total. The summed E-state index contributed by atoms with van der Waals surface area (Å²) in [4.78, 5) is 14.0. The quantitative estimate of drug-likeness (QED) is 0.220. The van der Waals surface area contributed by atoms with E-state index in [4.69, 9.17) is 11.7 Å². The highest BCUT2D eigenvalue weighted by Gasteiger charge is 2.40. The van der Waals surface area contributed by atoms with Crippen LogP contribution in [-0.2, 0) is 30.5 Å². The second-order valence-corrected chi connectivity index (χ2v) is 6.84. The lowest BCUT2D eigenvalue weighted by atomic mass is 10.0. The number of nitrogens with zero attached hydrogens (tertiary/aromatic N) is 4. The molecule has 0 unspecified atom stereocenters. The van der Waals surface area contributed by atoms with E-state index in [9.17, 15) is 22.4 Å². The second-order valence-electron chi connectivity index (χ2n) is 6.84. The van der Waals surface area contributed by atoms with Crippen molar-refractivity contribution in [1.82, 2.24) is 20.1 Å². The summed E-state index contributed by atoms with van der Waals surface area (Å²) in [6, 6.07) is 5.42. The lowest BCUT2D eigenvalue weighted by Crippen LogP contribution is -2.38. The summed E-state index contributed by atoms with van der Waals surface area (Å²) >= 11 is 0. The molecule has 12 heteroatoms. The van der Waals surface area contributed by atoms with E-state index in [0.29, 0.717) is 11.3 Å². The molecule has 0 radical (unpaired) electrons. The Labute approximate surface area is 169 Å². The van der Waals surface area contributed by atoms with Crippen LogP contribution in [0.4, 0.5) is 17.6 Å². The van der Waals surface area contributed by atoms with Crippen LogP contribution < -0.4 is 17.1 Å². The van der Waals surface area contributed by atoms with Crippen molar-refractivity contribution in [3.05, 3.63) is 52.6 Å². The zero-order valence-corrected chi connectivity index (χ0v) is 15.9. The van der Waals surface area contributed by atoms with Crippen LogP contribution in [0.25, 0.3) is 0 Å². The summed E-state index contributed by atoms with van der Waals surface area (Å²) in [5.41, 5.74) is 2.32. The van der Waals surface area contributed by atoms with E-state index in [1.165, 1.54) is 33.8 Å². The zero-order valence-electron chi connectivity index (χ0n) is 15.9. The van der Waals surface area contributed by atoms with Gasteiger partial charge in [-0.05, 0) is 24.1 Å². The Morgan fingerprint density at radius 1 is 1.23 bits per heavy atom. The molecule has 0 saturated heterocycles. The van der Waals surface area contributed by atoms with Crippen molar-refractivity contribution in [1.29, 1.82) is 0 Å². The molecule has 1 aromatic carbocycles. The van der Waals surface area contributed by atoms with Gasteiger partial charge >= 0.3 is 6.18 Å². The molecule has 0 aliphatic carbocycles. The fraction of sp³-hybridized carbons (Fsp3) is 0.389. The third-order valence-corrected chi connectivity index (χ3v) is 4.90. The normalized spacial score (nSPS) is 14.6. The van der Waals surface area contributed by atoms with Gasteiger partial charge in [0.05, 0.1) is 18.8 Å². The lowest BCUT2D eigenvalue weighted by molar-refractivity contribution is -0.142. The zero-order chi connectivity index (χ0) is 21.9. The molecule has 1 aliphatic heterocycles. The number of amides is 1. The van der Waals surface area contributed by atoms with Crippen molar-refractivity contribution in [2.45, 2.75) is 38.5 Å². The number of benzene rings is 1. The van der Waals surface area contributed by atoms with Crippen LogP contribution >= 0.6 is 0 Å². The topological polar surface area (TPSA) is 115 Å². The van der Waals surface area contributed by atoms with Crippen molar-refractivity contribution >= 4 is 11.7 Å². The Kier molecular flexibility index (Phi) is 6.25. The first-order valence-electron chi connectivity index (χ1n) is 9.14. The molecule has 0 atom stereocenters. The number of hydrazone groups is 1. The highest BCUT2D eigenvalue weighted by molar-refractivity contribution is 5.86. The number of fused-ring (bicyclic) bond motifs is 1. The van der Waals surface area contributed by atoms with Crippen LogP contribution in [0.2, 0.25) is 0 Å². The van der Waals surface area contributed by atoms with Gasteiger partial charge < -0.3 is 16.2 Å². The molecule has 3 rings (SSSR count). The second kappa shape index (κ2) is 8.69. The SMILES string of the molecule is N/N=C(/CCC(=O)N1CCc2c(C(F)(F)F)nn(Cc3ccc(F)cc3)c2C1)NN. The average molecular weight is 427 g/mol. The Morgan fingerprint density at radius 2 is 1.93 bits per heavy atom. The maximum atomic E-state index is 13.5. The summed E-state index contributed by atoms with van der Waals surface area (Å²) in [5, 5.41) is 7.17. The fourth-order valence-electron chi connectivity index (χ4n) is 3.37. The molecule has 162 valence electrons. The number of amidine groups is 1. The van der Waals surface area contributed by atoms with Crippen molar-refractivity contribution in [3.8, 4) is 0 Å². The number of hydrogen-bond donors (Lipinski definition) is 3. The van der Waals surface area contributed by atoms with Gasteiger partial charge in [-0.25, -0.2) is 10.2 Å². The maximum absolute atomic E-state index is 13.5. The van der Waals surface area contributed by atoms with E-state index in [1.54, 1.807) is 0 Å². The summed E-state index contributed by atoms with van der Waals surface area (Å²) in [7, 11) is 0. The van der Waals surface area contributed by atoms with E-state index in [1.807, 2.05) is 0 Å². The molecule has 2 heterocycles. The Morgan fingerprint density at radius 3 is 2.53 bits per heavy atom. The number of halogens is 4. The number of carbonyl (C=O) groups is 1. The van der Waals surface area contributed by atoms with Crippen LogP contribution in [0.1, 0.15) is 35.4 Å². The van der Waals surface area contributed by atoms with Crippen LogP contribution in [0.3, 0.4) is 0 Å².